The van der Waals surface area contributed by atoms with Crippen molar-refractivity contribution >= 4 is 5.69 Å². The van der Waals surface area contributed by atoms with Crippen LogP contribution >= 0.6 is 0 Å². The first-order valence-corrected chi connectivity index (χ1v) is 7.03. The third-order valence-corrected chi connectivity index (χ3v) is 3.72. The normalized spacial score (nSPS) is 14.7. The van der Waals surface area contributed by atoms with Crippen LogP contribution in [0.15, 0.2) is 53.5 Å². The molecule has 0 radical (unpaired) electrons. The zero-order chi connectivity index (χ0) is 13.8. The summed E-state index contributed by atoms with van der Waals surface area (Å²) < 4.78 is 1.76. The highest BCUT2D eigenvalue weighted by atomic mass is 16.1. The second-order valence-electron chi connectivity index (χ2n) is 5.02. The van der Waals surface area contributed by atoms with E-state index in [1.807, 2.05) is 12.3 Å². The van der Waals surface area contributed by atoms with E-state index in [-0.39, 0.29) is 5.56 Å². The van der Waals surface area contributed by atoms with Crippen LogP contribution in [0.2, 0.25) is 0 Å². The van der Waals surface area contributed by atoms with Crippen LogP contribution in [-0.4, -0.2) is 24.2 Å². The molecule has 0 bridgehead atoms. The van der Waals surface area contributed by atoms with Crippen LogP contribution in [0.25, 0.3) is 0 Å². The summed E-state index contributed by atoms with van der Waals surface area (Å²) in [5.74, 6) is 0. The van der Waals surface area contributed by atoms with E-state index in [1.165, 1.54) is 11.3 Å². The first-order chi connectivity index (χ1) is 9.84. The molecule has 1 aliphatic rings. The smallest absolute Gasteiger partial charge is 0.250 e. The first kappa shape index (κ1) is 12.9. The average molecular weight is 269 g/mol. The molecule has 2 aromatic rings. The van der Waals surface area contributed by atoms with Crippen molar-refractivity contribution < 1.29 is 0 Å². The molecule has 4 nitrogen and oxygen atoms in total. The van der Waals surface area contributed by atoms with Gasteiger partial charge in [-0.05, 0) is 17.7 Å². The van der Waals surface area contributed by atoms with Crippen molar-refractivity contribution in [2.75, 3.05) is 24.5 Å². The highest BCUT2D eigenvalue weighted by molar-refractivity contribution is 5.54. The van der Waals surface area contributed by atoms with Gasteiger partial charge in [-0.15, -0.1) is 0 Å². The number of para-hydroxylation sites is 1. The third kappa shape index (κ3) is 2.75. The molecule has 0 atom stereocenters. The predicted octanol–water partition coefficient (Wildman–Crippen LogP) is 1.46. The van der Waals surface area contributed by atoms with Crippen molar-refractivity contribution in [3.8, 4) is 0 Å². The highest BCUT2D eigenvalue weighted by Gasteiger charge is 2.13. The SMILES string of the molecule is O=c1ccccn1CCN1CCNCc2ccccc21. The van der Waals surface area contributed by atoms with Crippen molar-refractivity contribution in [2.24, 2.45) is 0 Å². The topological polar surface area (TPSA) is 37.3 Å². The van der Waals surface area contributed by atoms with Gasteiger partial charge in [0.25, 0.3) is 5.56 Å². The van der Waals surface area contributed by atoms with Gasteiger partial charge in [0.05, 0.1) is 0 Å². The van der Waals surface area contributed by atoms with Crippen molar-refractivity contribution in [2.45, 2.75) is 13.1 Å². The summed E-state index contributed by atoms with van der Waals surface area (Å²) in [7, 11) is 0. The van der Waals surface area contributed by atoms with Crippen LogP contribution < -0.4 is 15.8 Å². The van der Waals surface area contributed by atoms with E-state index in [4.69, 9.17) is 0 Å². The van der Waals surface area contributed by atoms with Crippen LogP contribution in [0.5, 0.6) is 0 Å². The van der Waals surface area contributed by atoms with Gasteiger partial charge in [-0.3, -0.25) is 4.79 Å². The van der Waals surface area contributed by atoms with Crippen LogP contribution in [0.3, 0.4) is 0 Å². The molecule has 0 aliphatic carbocycles. The molecule has 4 heteroatoms. The number of rotatable bonds is 3. The third-order valence-electron chi connectivity index (χ3n) is 3.72. The van der Waals surface area contributed by atoms with E-state index in [0.29, 0.717) is 6.54 Å². The number of hydrogen-bond acceptors (Lipinski definition) is 3. The number of aromatic nitrogens is 1. The molecule has 1 aromatic carbocycles. The van der Waals surface area contributed by atoms with E-state index in [1.54, 1.807) is 16.7 Å². The quantitative estimate of drug-likeness (QED) is 0.916. The molecule has 2 heterocycles. The van der Waals surface area contributed by atoms with E-state index < -0.39 is 0 Å². The van der Waals surface area contributed by atoms with Gasteiger partial charge in [-0.1, -0.05) is 24.3 Å². The lowest BCUT2D eigenvalue weighted by Crippen LogP contribution is -2.33. The molecule has 1 aliphatic heterocycles. The molecule has 0 saturated heterocycles. The number of hydrogen-bond donors (Lipinski definition) is 1. The Morgan fingerprint density at radius 3 is 2.80 bits per heavy atom. The molecule has 1 N–H and O–H groups in total. The molecule has 1 aromatic heterocycles. The summed E-state index contributed by atoms with van der Waals surface area (Å²) in [5, 5.41) is 3.43. The van der Waals surface area contributed by atoms with E-state index in [9.17, 15) is 4.79 Å². The molecule has 0 saturated carbocycles. The van der Waals surface area contributed by atoms with Gasteiger partial charge in [-0.2, -0.15) is 0 Å². The molecular formula is C16H19N3O. The summed E-state index contributed by atoms with van der Waals surface area (Å²) in [6.07, 6.45) is 1.85. The Hall–Kier alpha value is -2.07. The fraction of sp³-hybridized carbons (Fsp3) is 0.312. The van der Waals surface area contributed by atoms with Crippen molar-refractivity contribution in [3.05, 3.63) is 64.6 Å². The van der Waals surface area contributed by atoms with Gasteiger partial charge in [-0.25, -0.2) is 0 Å². The Morgan fingerprint density at radius 2 is 1.90 bits per heavy atom. The molecule has 0 spiro atoms. The second kappa shape index (κ2) is 5.92. The molecule has 0 amide bonds. The van der Waals surface area contributed by atoms with Crippen molar-refractivity contribution in [1.82, 2.24) is 9.88 Å². The molecule has 104 valence electrons. The summed E-state index contributed by atoms with van der Waals surface area (Å²) in [6, 6.07) is 13.8. The number of benzene rings is 1. The molecule has 3 rings (SSSR count). The molecule has 0 fully saturated rings. The van der Waals surface area contributed by atoms with E-state index >= 15 is 0 Å². The maximum Gasteiger partial charge on any atom is 0.250 e. The van der Waals surface area contributed by atoms with Gasteiger partial charge in [0.1, 0.15) is 0 Å². The van der Waals surface area contributed by atoms with E-state index in [0.717, 1.165) is 26.2 Å². The number of fused-ring (bicyclic) bond motifs is 1. The van der Waals surface area contributed by atoms with Gasteiger partial charge in [0.15, 0.2) is 0 Å². The van der Waals surface area contributed by atoms with Gasteiger partial charge >= 0.3 is 0 Å². The monoisotopic (exact) mass is 269 g/mol. The number of anilines is 1. The minimum atomic E-state index is 0.0636. The van der Waals surface area contributed by atoms with Crippen LogP contribution in [0, 0.1) is 0 Å². The fourth-order valence-corrected chi connectivity index (χ4v) is 2.63. The maximum absolute atomic E-state index is 11.7. The fourth-order valence-electron chi connectivity index (χ4n) is 2.63. The highest BCUT2D eigenvalue weighted by Crippen LogP contribution is 2.21. The lowest BCUT2D eigenvalue weighted by molar-refractivity contribution is 0.625. The maximum atomic E-state index is 11.7. The Kier molecular flexibility index (Phi) is 3.83. The summed E-state index contributed by atoms with van der Waals surface area (Å²) in [4.78, 5) is 14.1. The largest absolute Gasteiger partial charge is 0.368 e. The predicted molar refractivity (Wildman–Crippen MR) is 81.1 cm³/mol. The van der Waals surface area contributed by atoms with Crippen molar-refractivity contribution in [3.63, 3.8) is 0 Å². The lowest BCUT2D eigenvalue weighted by Gasteiger charge is -2.24. The Labute approximate surface area is 118 Å². The van der Waals surface area contributed by atoms with Gasteiger partial charge < -0.3 is 14.8 Å². The standard InChI is InChI=1S/C16H19N3O/c20-16-7-3-4-9-19(16)12-11-18-10-8-17-13-14-5-1-2-6-15(14)18/h1-7,9,17H,8,10-13H2. The van der Waals surface area contributed by atoms with Crippen LogP contribution in [0.1, 0.15) is 5.56 Å². The summed E-state index contributed by atoms with van der Waals surface area (Å²) in [6.45, 7) is 4.42. The summed E-state index contributed by atoms with van der Waals surface area (Å²) in [5.41, 5.74) is 2.67. The van der Waals surface area contributed by atoms with Gasteiger partial charge in [0.2, 0.25) is 0 Å². The Morgan fingerprint density at radius 1 is 1.05 bits per heavy atom. The lowest BCUT2D eigenvalue weighted by atomic mass is 10.1. The molecule has 20 heavy (non-hydrogen) atoms. The average Bonchev–Trinajstić information content (AvgIpc) is 2.69. The van der Waals surface area contributed by atoms with Crippen molar-refractivity contribution in [1.29, 1.82) is 0 Å². The van der Waals surface area contributed by atoms with Gasteiger partial charge in [0, 0.05) is 50.7 Å². The minimum Gasteiger partial charge on any atom is -0.368 e. The Bertz CT molecular complexity index is 635. The number of pyridine rings is 1. The Balaban J connectivity index is 1.77. The number of nitrogens with one attached hydrogen (secondary N) is 1. The van der Waals surface area contributed by atoms with E-state index in [2.05, 4.69) is 34.5 Å². The zero-order valence-electron chi connectivity index (χ0n) is 11.5. The molecule has 0 unspecified atom stereocenters. The molecular weight excluding hydrogens is 250 g/mol. The van der Waals surface area contributed by atoms with Crippen LogP contribution in [-0.2, 0) is 13.1 Å². The first-order valence-electron chi connectivity index (χ1n) is 7.03. The summed E-state index contributed by atoms with van der Waals surface area (Å²) >= 11 is 0. The minimum absolute atomic E-state index is 0.0636. The van der Waals surface area contributed by atoms with Crippen LogP contribution in [0.4, 0.5) is 5.69 Å². The second-order valence-corrected chi connectivity index (χ2v) is 5.02. The number of nitrogens with zero attached hydrogens (tertiary/aromatic N) is 2. The zero-order valence-corrected chi connectivity index (χ0v) is 11.5.